The first kappa shape index (κ1) is 22.0. The van der Waals surface area contributed by atoms with E-state index in [1.54, 1.807) is 60.7 Å². The molecule has 158 valence electrons. The maximum Gasteiger partial charge on any atom is 0.343 e. The molecule has 0 aliphatic carbocycles. The maximum atomic E-state index is 12.4. The Bertz CT molecular complexity index is 1110. The van der Waals surface area contributed by atoms with Crippen LogP contribution in [0.25, 0.3) is 0 Å². The van der Waals surface area contributed by atoms with Crippen molar-refractivity contribution >= 4 is 34.0 Å². The third-order valence-corrected chi connectivity index (χ3v) is 4.67. The smallest absolute Gasteiger partial charge is 0.343 e. The van der Waals surface area contributed by atoms with Gasteiger partial charge in [-0.25, -0.2) is 10.2 Å². The summed E-state index contributed by atoms with van der Waals surface area (Å²) in [5.74, 6) is 0.486. The van der Waals surface area contributed by atoms with Gasteiger partial charge >= 0.3 is 5.97 Å². The van der Waals surface area contributed by atoms with Crippen LogP contribution in [-0.4, -0.2) is 32.3 Å². The molecule has 0 bridgehead atoms. The summed E-state index contributed by atoms with van der Waals surface area (Å²) >= 11 is 3.32. The van der Waals surface area contributed by atoms with E-state index in [2.05, 4.69) is 26.5 Å². The number of ether oxygens (including phenoxy) is 3. The topological polar surface area (TPSA) is 86.2 Å². The van der Waals surface area contributed by atoms with Gasteiger partial charge in [0, 0.05) is 10.0 Å². The molecule has 3 aromatic carbocycles. The van der Waals surface area contributed by atoms with Crippen molar-refractivity contribution in [3.63, 3.8) is 0 Å². The first-order chi connectivity index (χ1) is 15.0. The molecule has 0 heterocycles. The zero-order valence-corrected chi connectivity index (χ0v) is 18.4. The number of methoxy groups -OCH3 is 2. The first-order valence-corrected chi connectivity index (χ1v) is 9.92. The predicted octanol–water partition coefficient (Wildman–Crippen LogP) is 4.45. The number of halogens is 1. The normalized spacial score (nSPS) is 10.5. The molecule has 7 nitrogen and oxygen atoms in total. The number of nitrogens with zero attached hydrogens (tertiary/aromatic N) is 1. The molecule has 3 aromatic rings. The predicted molar refractivity (Wildman–Crippen MR) is 120 cm³/mol. The van der Waals surface area contributed by atoms with Crippen LogP contribution >= 0.6 is 15.9 Å². The van der Waals surface area contributed by atoms with Crippen LogP contribution in [0.15, 0.2) is 76.3 Å². The van der Waals surface area contributed by atoms with E-state index in [4.69, 9.17) is 14.2 Å². The Morgan fingerprint density at radius 3 is 2.32 bits per heavy atom. The van der Waals surface area contributed by atoms with Crippen LogP contribution in [0.1, 0.15) is 26.3 Å². The summed E-state index contributed by atoms with van der Waals surface area (Å²) < 4.78 is 16.6. The molecule has 31 heavy (non-hydrogen) atoms. The number of amides is 1. The molecule has 0 saturated heterocycles. The number of hydrazone groups is 1. The number of benzene rings is 3. The molecule has 0 aliphatic heterocycles. The van der Waals surface area contributed by atoms with Crippen LogP contribution in [-0.2, 0) is 0 Å². The van der Waals surface area contributed by atoms with Crippen molar-refractivity contribution in [2.45, 2.75) is 0 Å². The Kier molecular flexibility index (Phi) is 7.40. The summed E-state index contributed by atoms with van der Waals surface area (Å²) in [6, 6.07) is 18.5. The van der Waals surface area contributed by atoms with Gasteiger partial charge in [-0.2, -0.15) is 5.10 Å². The number of carbonyl (C=O) groups is 2. The van der Waals surface area contributed by atoms with Crippen molar-refractivity contribution in [2.24, 2.45) is 5.10 Å². The van der Waals surface area contributed by atoms with Crippen LogP contribution in [0.2, 0.25) is 0 Å². The van der Waals surface area contributed by atoms with E-state index >= 15 is 0 Å². The van der Waals surface area contributed by atoms with E-state index in [1.807, 2.05) is 6.07 Å². The second-order valence-electron chi connectivity index (χ2n) is 6.24. The van der Waals surface area contributed by atoms with Crippen molar-refractivity contribution in [1.82, 2.24) is 5.43 Å². The molecular formula is C23H19BrN2O5. The first-order valence-electron chi connectivity index (χ1n) is 9.13. The lowest BCUT2D eigenvalue weighted by Crippen LogP contribution is -2.17. The lowest BCUT2D eigenvalue weighted by molar-refractivity contribution is 0.0734. The van der Waals surface area contributed by atoms with Gasteiger partial charge in [0.25, 0.3) is 5.91 Å². The van der Waals surface area contributed by atoms with Crippen molar-refractivity contribution in [3.05, 3.63) is 87.9 Å². The van der Waals surface area contributed by atoms with Crippen LogP contribution in [0.5, 0.6) is 17.2 Å². The van der Waals surface area contributed by atoms with E-state index in [0.29, 0.717) is 28.4 Å². The van der Waals surface area contributed by atoms with Gasteiger partial charge in [-0.05, 0) is 66.2 Å². The van der Waals surface area contributed by atoms with Gasteiger partial charge in [-0.15, -0.1) is 0 Å². The molecule has 1 amide bonds. The quantitative estimate of drug-likeness (QED) is 0.232. The highest BCUT2D eigenvalue weighted by Crippen LogP contribution is 2.28. The van der Waals surface area contributed by atoms with Crippen molar-refractivity contribution < 1.29 is 23.8 Å². The summed E-state index contributed by atoms with van der Waals surface area (Å²) in [6.07, 6.45) is 1.50. The largest absolute Gasteiger partial charge is 0.493 e. The van der Waals surface area contributed by atoms with Crippen LogP contribution in [0, 0.1) is 0 Å². The number of carbonyl (C=O) groups excluding carboxylic acids is 2. The minimum absolute atomic E-state index is 0.321. The van der Waals surface area contributed by atoms with Crippen molar-refractivity contribution in [2.75, 3.05) is 14.2 Å². The molecule has 0 radical (unpaired) electrons. The number of esters is 1. The fourth-order valence-corrected chi connectivity index (χ4v) is 3.01. The van der Waals surface area contributed by atoms with E-state index < -0.39 is 5.97 Å². The number of nitrogens with one attached hydrogen (secondary N) is 1. The number of rotatable bonds is 7. The van der Waals surface area contributed by atoms with Gasteiger partial charge in [-0.3, -0.25) is 4.79 Å². The minimum Gasteiger partial charge on any atom is -0.493 e. The summed E-state index contributed by atoms with van der Waals surface area (Å²) in [4.78, 5) is 24.4. The maximum absolute atomic E-state index is 12.4. The summed E-state index contributed by atoms with van der Waals surface area (Å²) in [5.41, 5.74) is 4.01. The number of hydrogen-bond acceptors (Lipinski definition) is 6. The highest BCUT2D eigenvalue weighted by molar-refractivity contribution is 9.10. The van der Waals surface area contributed by atoms with E-state index in [1.165, 1.54) is 20.4 Å². The second kappa shape index (κ2) is 10.4. The Labute approximate surface area is 187 Å². The number of hydrogen-bond donors (Lipinski definition) is 1. The Balaban J connectivity index is 1.59. The molecule has 0 spiro atoms. The molecule has 8 heteroatoms. The van der Waals surface area contributed by atoms with E-state index in [-0.39, 0.29) is 5.91 Å². The highest BCUT2D eigenvalue weighted by atomic mass is 79.9. The summed E-state index contributed by atoms with van der Waals surface area (Å²) in [7, 11) is 3.02. The molecule has 0 fully saturated rings. The summed E-state index contributed by atoms with van der Waals surface area (Å²) in [5, 5.41) is 3.95. The lowest BCUT2D eigenvalue weighted by atomic mass is 10.2. The third-order valence-electron chi connectivity index (χ3n) is 4.18. The van der Waals surface area contributed by atoms with E-state index in [9.17, 15) is 9.59 Å². The Morgan fingerprint density at radius 1 is 0.903 bits per heavy atom. The van der Waals surface area contributed by atoms with E-state index in [0.717, 1.165) is 10.0 Å². The van der Waals surface area contributed by atoms with Gasteiger partial charge in [0.1, 0.15) is 5.75 Å². The van der Waals surface area contributed by atoms with Crippen LogP contribution < -0.4 is 19.6 Å². The van der Waals surface area contributed by atoms with Gasteiger partial charge < -0.3 is 14.2 Å². The SMILES string of the molecule is COc1ccc(C(=O)Oc2ccc(/C=N/NC(=O)c3cccc(Br)c3)cc2)cc1OC. The molecule has 0 unspecified atom stereocenters. The zero-order chi connectivity index (χ0) is 22.2. The zero-order valence-electron chi connectivity index (χ0n) is 16.8. The average Bonchev–Trinajstić information content (AvgIpc) is 2.79. The van der Waals surface area contributed by atoms with Crippen LogP contribution in [0.3, 0.4) is 0 Å². The van der Waals surface area contributed by atoms with Crippen molar-refractivity contribution in [3.8, 4) is 17.2 Å². The summed E-state index contributed by atoms with van der Waals surface area (Å²) in [6.45, 7) is 0. The van der Waals surface area contributed by atoms with Gasteiger partial charge in [-0.1, -0.05) is 22.0 Å². The monoisotopic (exact) mass is 482 g/mol. The Hall–Kier alpha value is -3.65. The van der Waals surface area contributed by atoms with Crippen LogP contribution in [0.4, 0.5) is 0 Å². The standard InChI is InChI=1S/C23H19BrN2O5/c1-29-20-11-8-17(13-21(20)30-2)23(28)31-19-9-6-15(7-10-19)14-25-26-22(27)16-4-3-5-18(24)12-16/h3-14H,1-2H3,(H,26,27)/b25-14+. The molecule has 0 saturated carbocycles. The molecule has 0 aliphatic rings. The molecule has 1 N–H and O–H groups in total. The average molecular weight is 483 g/mol. The van der Waals surface area contributed by atoms with Gasteiger partial charge in [0.15, 0.2) is 11.5 Å². The molecule has 0 aromatic heterocycles. The lowest BCUT2D eigenvalue weighted by Gasteiger charge is -2.09. The van der Waals surface area contributed by atoms with Gasteiger partial charge in [0.05, 0.1) is 26.0 Å². The second-order valence-corrected chi connectivity index (χ2v) is 7.15. The molecule has 3 rings (SSSR count). The fourth-order valence-electron chi connectivity index (χ4n) is 2.61. The Morgan fingerprint density at radius 2 is 1.65 bits per heavy atom. The fraction of sp³-hybridized carbons (Fsp3) is 0.0870. The van der Waals surface area contributed by atoms with Gasteiger partial charge in [0.2, 0.25) is 0 Å². The molecular weight excluding hydrogens is 464 g/mol. The third kappa shape index (κ3) is 5.93. The minimum atomic E-state index is -0.524. The highest BCUT2D eigenvalue weighted by Gasteiger charge is 2.13. The van der Waals surface area contributed by atoms with Crippen molar-refractivity contribution in [1.29, 1.82) is 0 Å². The molecule has 0 atom stereocenters.